The van der Waals surface area contributed by atoms with Crippen LogP contribution in [0, 0.1) is 41.4 Å². The molecule has 0 aromatic heterocycles. The molecule has 6 atom stereocenters. The van der Waals surface area contributed by atoms with E-state index in [4.69, 9.17) is 16.4 Å². The zero-order chi connectivity index (χ0) is 19.2. The Balaban J connectivity index is 1.61. The maximum Gasteiger partial charge on any atom is 0.307 e. The lowest BCUT2D eigenvalue weighted by Crippen LogP contribution is -2.53. The van der Waals surface area contributed by atoms with Crippen LogP contribution in [0.1, 0.15) is 71.6 Å². The Morgan fingerprint density at radius 3 is 2.81 bits per heavy atom. The van der Waals surface area contributed by atoms with Gasteiger partial charge < -0.3 is 9.94 Å². The van der Waals surface area contributed by atoms with Gasteiger partial charge in [-0.15, -0.1) is 6.42 Å². The summed E-state index contributed by atoms with van der Waals surface area (Å²) in [5.74, 6) is 5.29. The van der Waals surface area contributed by atoms with E-state index in [1.54, 1.807) is 0 Å². The van der Waals surface area contributed by atoms with Gasteiger partial charge in [0.05, 0.1) is 5.71 Å². The molecule has 0 aliphatic heterocycles. The van der Waals surface area contributed by atoms with Crippen molar-refractivity contribution in [2.24, 2.45) is 34.2 Å². The summed E-state index contributed by atoms with van der Waals surface area (Å²) in [6, 6.07) is 0. The van der Waals surface area contributed by atoms with E-state index in [1.165, 1.54) is 12.0 Å². The molecule has 146 valence electrons. The molecule has 3 saturated carbocycles. The molecular formula is C23H31NO3. The highest BCUT2D eigenvalue weighted by Gasteiger charge is 2.64. The molecule has 0 unspecified atom stereocenters. The van der Waals surface area contributed by atoms with Crippen LogP contribution in [0.25, 0.3) is 0 Å². The number of rotatable bonds is 2. The van der Waals surface area contributed by atoms with Gasteiger partial charge in [0, 0.05) is 11.8 Å². The fraction of sp³-hybridized carbons (Fsp3) is 0.739. The predicted molar refractivity (Wildman–Crippen MR) is 104 cm³/mol. The summed E-state index contributed by atoms with van der Waals surface area (Å²) in [6.07, 6.45) is 16.8. The van der Waals surface area contributed by atoms with E-state index in [0.717, 1.165) is 50.7 Å². The third kappa shape index (κ3) is 2.65. The summed E-state index contributed by atoms with van der Waals surface area (Å²) < 4.78 is 5.95. The zero-order valence-electron chi connectivity index (χ0n) is 16.5. The van der Waals surface area contributed by atoms with Crippen LogP contribution in [0.4, 0.5) is 0 Å². The Morgan fingerprint density at radius 2 is 2.11 bits per heavy atom. The Morgan fingerprint density at radius 1 is 1.30 bits per heavy atom. The van der Waals surface area contributed by atoms with Gasteiger partial charge in [-0.1, -0.05) is 30.5 Å². The SMILES string of the molecule is C#C[C@]1(OC(=O)CC)CC[C@H]2[C@@H]3CCC4=C/C(=N\O)CC[C@@H]4[C@H]3CC[C@@]21C. The number of allylic oxidation sites excluding steroid dienone is 2. The largest absolute Gasteiger partial charge is 0.445 e. The molecule has 4 aliphatic carbocycles. The van der Waals surface area contributed by atoms with Gasteiger partial charge in [0.2, 0.25) is 0 Å². The number of carbonyl (C=O) groups is 1. The minimum absolute atomic E-state index is 0.110. The molecule has 3 fully saturated rings. The molecule has 27 heavy (non-hydrogen) atoms. The Bertz CT molecular complexity index is 732. The van der Waals surface area contributed by atoms with Crippen molar-refractivity contribution in [1.29, 1.82) is 0 Å². The second-order valence-electron chi connectivity index (χ2n) is 9.22. The van der Waals surface area contributed by atoms with E-state index in [2.05, 4.69) is 24.1 Å². The van der Waals surface area contributed by atoms with Crippen LogP contribution in [0.15, 0.2) is 16.8 Å². The quantitative estimate of drug-likeness (QED) is 0.332. The first-order valence-electron chi connectivity index (χ1n) is 10.6. The molecule has 0 radical (unpaired) electrons. The number of esters is 1. The normalized spacial score (nSPS) is 44.5. The third-order valence-electron chi connectivity index (χ3n) is 8.37. The monoisotopic (exact) mass is 369 g/mol. The van der Waals surface area contributed by atoms with E-state index in [0.29, 0.717) is 30.1 Å². The first-order valence-corrected chi connectivity index (χ1v) is 10.6. The van der Waals surface area contributed by atoms with E-state index in [1.807, 2.05) is 6.92 Å². The Labute approximate surface area is 162 Å². The molecule has 0 aromatic carbocycles. The first kappa shape index (κ1) is 18.6. The summed E-state index contributed by atoms with van der Waals surface area (Å²) in [7, 11) is 0. The van der Waals surface area contributed by atoms with Crippen LogP contribution in [0.3, 0.4) is 0 Å². The number of carbonyl (C=O) groups excluding carboxylic acids is 1. The van der Waals surface area contributed by atoms with Crippen molar-refractivity contribution in [2.75, 3.05) is 0 Å². The minimum atomic E-state index is -0.727. The number of hydrogen-bond donors (Lipinski definition) is 1. The highest BCUT2D eigenvalue weighted by molar-refractivity contribution is 5.96. The lowest BCUT2D eigenvalue weighted by Gasteiger charge is -2.55. The molecule has 0 spiro atoms. The van der Waals surface area contributed by atoms with Crippen molar-refractivity contribution in [3.8, 4) is 12.3 Å². The van der Waals surface area contributed by atoms with Gasteiger partial charge in [-0.3, -0.25) is 4.79 Å². The molecule has 0 amide bonds. The second kappa shape index (κ2) is 6.69. The number of oxime groups is 1. The summed E-state index contributed by atoms with van der Waals surface area (Å²) in [5.41, 5.74) is 1.48. The molecule has 4 aliphatic rings. The molecular weight excluding hydrogens is 338 g/mol. The topological polar surface area (TPSA) is 58.9 Å². The van der Waals surface area contributed by atoms with Crippen molar-refractivity contribution in [2.45, 2.75) is 77.2 Å². The average molecular weight is 370 g/mol. The predicted octanol–water partition coefficient (Wildman–Crippen LogP) is 4.71. The third-order valence-corrected chi connectivity index (χ3v) is 8.37. The lowest BCUT2D eigenvalue weighted by atomic mass is 9.50. The van der Waals surface area contributed by atoms with Crippen molar-refractivity contribution >= 4 is 11.7 Å². The Hall–Kier alpha value is -1.76. The molecule has 1 N–H and O–H groups in total. The van der Waals surface area contributed by atoms with Gasteiger partial charge >= 0.3 is 5.97 Å². The van der Waals surface area contributed by atoms with Crippen LogP contribution < -0.4 is 0 Å². The van der Waals surface area contributed by atoms with Crippen LogP contribution in [-0.2, 0) is 9.53 Å². The van der Waals surface area contributed by atoms with E-state index >= 15 is 0 Å². The molecule has 0 saturated heterocycles. The highest BCUT2D eigenvalue weighted by atomic mass is 16.6. The summed E-state index contributed by atoms with van der Waals surface area (Å²) in [6.45, 7) is 4.12. The van der Waals surface area contributed by atoms with Gasteiger partial charge in [0.25, 0.3) is 0 Å². The zero-order valence-corrected chi connectivity index (χ0v) is 16.5. The van der Waals surface area contributed by atoms with Crippen LogP contribution >= 0.6 is 0 Å². The van der Waals surface area contributed by atoms with Crippen molar-refractivity contribution < 1.29 is 14.7 Å². The smallest absolute Gasteiger partial charge is 0.307 e. The van der Waals surface area contributed by atoms with Gasteiger partial charge in [0.15, 0.2) is 5.60 Å². The van der Waals surface area contributed by atoms with E-state index < -0.39 is 5.60 Å². The molecule has 4 heteroatoms. The summed E-state index contributed by atoms with van der Waals surface area (Å²) >= 11 is 0. The fourth-order valence-corrected chi connectivity index (χ4v) is 6.97. The number of terminal acetylenes is 1. The van der Waals surface area contributed by atoms with E-state index in [-0.39, 0.29) is 11.4 Å². The first-order chi connectivity index (χ1) is 13.0. The van der Waals surface area contributed by atoms with Crippen LogP contribution in [0.5, 0.6) is 0 Å². The lowest BCUT2D eigenvalue weighted by molar-refractivity contribution is -0.169. The second-order valence-corrected chi connectivity index (χ2v) is 9.22. The standard InChI is InChI=1S/C23H31NO3/c1-4-21(25)27-23(5-2)13-11-20-19-8-6-15-14-16(24-26)7-9-17(15)18(19)10-12-22(20,23)3/h2,14,17-20,26H,4,6-13H2,1,3H3/b24-16-/t17-,18+,19+,20-,22-,23-/m0/s1. The maximum absolute atomic E-state index is 12.1. The molecule has 0 heterocycles. The molecule has 4 rings (SSSR count). The number of nitrogens with zero attached hydrogens (tertiary/aromatic N) is 1. The van der Waals surface area contributed by atoms with Crippen molar-refractivity contribution in [3.63, 3.8) is 0 Å². The fourth-order valence-electron chi connectivity index (χ4n) is 6.97. The van der Waals surface area contributed by atoms with Crippen molar-refractivity contribution in [1.82, 2.24) is 0 Å². The number of ether oxygens (including phenoxy) is 1. The molecule has 0 bridgehead atoms. The van der Waals surface area contributed by atoms with Gasteiger partial charge in [-0.05, 0) is 81.1 Å². The van der Waals surface area contributed by atoms with Gasteiger partial charge in [-0.25, -0.2) is 0 Å². The van der Waals surface area contributed by atoms with Gasteiger partial charge in [-0.2, -0.15) is 0 Å². The van der Waals surface area contributed by atoms with Crippen LogP contribution in [-0.4, -0.2) is 22.5 Å². The molecule has 0 aromatic rings. The minimum Gasteiger partial charge on any atom is -0.445 e. The van der Waals surface area contributed by atoms with Gasteiger partial charge in [0.1, 0.15) is 0 Å². The number of fused-ring (bicyclic) bond motifs is 5. The van der Waals surface area contributed by atoms with Crippen LogP contribution in [0.2, 0.25) is 0 Å². The van der Waals surface area contributed by atoms with Crippen molar-refractivity contribution in [3.05, 3.63) is 11.6 Å². The summed E-state index contributed by atoms with van der Waals surface area (Å²) in [4.78, 5) is 12.1. The van der Waals surface area contributed by atoms with E-state index in [9.17, 15) is 4.79 Å². The molecule has 4 nitrogen and oxygen atoms in total. The highest BCUT2D eigenvalue weighted by Crippen LogP contribution is 2.65. The average Bonchev–Trinajstić information content (AvgIpc) is 2.99. The number of hydrogen-bond acceptors (Lipinski definition) is 4. The Kier molecular flexibility index (Phi) is 4.61. The summed E-state index contributed by atoms with van der Waals surface area (Å²) in [5, 5.41) is 12.6. The maximum atomic E-state index is 12.1.